The van der Waals surface area contributed by atoms with Crippen molar-refractivity contribution in [3.8, 4) is 0 Å². The third-order valence-electron chi connectivity index (χ3n) is 3.91. The molecule has 1 N–H and O–H groups in total. The number of likely N-dealkylation sites (tertiary alicyclic amines) is 1. The number of nitrogens with zero attached hydrogens (tertiary/aromatic N) is 2. The van der Waals surface area contributed by atoms with E-state index in [9.17, 15) is 4.79 Å². The standard InChI is InChI=1S/C13H25N3O2/c1-15-4-2-12(3-5-15)10-14-11-13(17)16-6-8-18-9-7-16/h12,14H,2-11H2,1H3. The minimum atomic E-state index is 0.214. The summed E-state index contributed by atoms with van der Waals surface area (Å²) in [5.41, 5.74) is 0. The average Bonchev–Trinajstić information content (AvgIpc) is 2.42. The highest BCUT2D eigenvalue weighted by Gasteiger charge is 2.18. The zero-order valence-electron chi connectivity index (χ0n) is 11.4. The van der Waals surface area contributed by atoms with Crippen LogP contribution in [0.4, 0.5) is 0 Å². The van der Waals surface area contributed by atoms with Crippen LogP contribution >= 0.6 is 0 Å². The maximum Gasteiger partial charge on any atom is 0.236 e. The van der Waals surface area contributed by atoms with E-state index in [-0.39, 0.29) is 5.91 Å². The first-order chi connectivity index (χ1) is 8.75. The van der Waals surface area contributed by atoms with Crippen molar-refractivity contribution in [3.05, 3.63) is 0 Å². The molecule has 2 heterocycles. The second-order valence-electron chi connectivity index (χ2n) is 5.37. The first-order valence-corrected chi connectivity index (χ1v) is 7.00. The fourth-order valence-electron chi connectivity index (χ4n) is 2.57. The lowest BCUT2D eigenvalue weighted by molar-refractivity contribution is -0.134. The molecule has 5 heteroatoms. The minimum absolute atomic E-state index is 0.214. The van der Waals surface area contributed by atoms with Crippen LogP contribution < -0.4 is 5.32 Å². The van der Waals surface area contributed by atoms with Gasteiger partial charge in [-0.15, -0.1) is 0 Å². The van der Waals surface area contributed by atoms with E-state index in [1.807, 2.05) is 4.90 Å². The van der Waals surface area contributed by atoms with E-state index >= 15 is 0 Å². The SMILES string of the molecule is CN1CCC(CNCC(=O)N2CCOCC2)CC1. The van der Waals surface area contributed by atoms with E-state index in [1.165, 1.54) is 25.9 Å². The van der Waals surface area contributed by atoms with Gasteiger partial charge in [-0.1, -0.05) is 0 Å². The number of hydrogen-bond donors (Lipinski definition) is 1. The van der Waals surface area contributed by atoms with E-state index in [0.29, 0.717) is 19.8 Å². The predicted molar refractivity (Wildman–Crippen MR) is 70.5 cm³/mol. The van der Waals surface area contributed by atoms with Crippen molar-refractivity contribution in [2.75, 3.05) is 59.5 Å². The molecule has 104 valence electrons. The van der Waals surface area contributed by atoms with Gasteiger partial charge in [-0.3, -0.25) is 4.79 Å². The maximum atomic E-state index is 11.9. The molecule has 5 nitrogen and oxygen atoms in total. The molecule has 2 aliphatic rings. The Balaban J connectivity index is 1.58. The Bertz CT molecular complexity index is 259. The molecule has 0 aromatic carbocycles. The van der Waals surface area contributed by atoms with Gasteiger partial charge in [0.15, 0.2) is 0 Å². The number of hydrogen-bond acceptors (Lipinski definition) is 4. The van der Waals surface area contributed by atoms with Gasteiger partial charge in [0, 0.05) is 13.1 Å². The largest absolute Gasteiger partial charge is 0.378 e. The fourth-order valence-corrected chi connectivity index (χ4v) is 2.57. The summed E-state index contributed by atoms with van der Waals surface area (Å²) in [7, 11) is 2.17. The molecule has 0 saturated carbocycles. The van der Waals surface area contributed by atoms with Gasteiger partial charge in [-0.2, -0.15) is 0 Å². The highest BCUT2D eigenvalue weighted by molar-refractivity contribution is 5.78. The Morgan fingerprint density at radius 3 is 2.56 bits per heavy atom. The molecular weight excluding hydrogens is 230 g/mol. The second-order valence-corrected chi connectivity index (χ2v) is 5.37. The summed E-state index contributed by atoms with van der Waals surface area (Å²) in [5, 5.41) is 3.32. The Labute approximate surface area is 109 Å². The Morgan fingerprint density at radius 1 is 1.22 bits per heavy atom. The van der Waals surface area contributed by atoms with Crippen molar-refractivity contribution >= 4 is 5.91 Å². The quantitative estimate of drug-likeness (QED) is 0.754. The Morgan fingerprint density at radius 2 is 1.89 bits per heavy atom. The minimum Gasteiger partial charge on any atom is -0.378 e. The fraction of sp³-hybridized carbons (Fsp3) is 0.923. The molecule has 0 bridgehead atoms. The number of amides is 1. The third kappa shape index (κ3) is 4.23. The Hall–Kier alpha value is -0.650. The first kappa shape index (κ1) is 13.8. The van der Waals surface area contributed by atoms with Gasteiger partial charge in [0.05, 0.1) is 19.8 Å². The highest BCUT2D eigenvalue weighted by atomic mass is 16.5. The maximum absolute atomic E-state index is 11.9. The summed E-state index contributed by atoms with van der Waals surface area (Å²) in [4.78, 5) is 16.2. The molecule has 0 unspecified atom stereocenters. The molecule has 2 aliphatic heterocycles. The number of piperidine rings is 1. The van der Waals surface area contributed by atoms with Crippen LogP contribution in [0.1, 0.15) is 12.8 Å². The van der Waals surface area contributed by atoms with Gasteiger partial charge in [-0.05, 0) is 45.4 Å². The molecule has 0 atom stereocenters. The summed E-state index contributed by atoms with van der Waals surface area (Å²) >= 11 is 0. The third-order valence-corrected chi connectivity index (χ3v) is 3.91. The molecule has 2 fully saturated rings. The lowest BCUT2D eigenvalue weighted by Crippen LogP contribution is -2.45. The van der Waals surface area contributed by atoms with Gasteiger partial charge in [0.1, 0.15) is 0 Å². The number of rotatable bonds is 4. The topological polar surface area (TPSA) is 44.8 Å². The zero-order chi connectivity index (χ0) is 12.8. The monoisotopic (exact) mass is 255 g/mol. The van der Waals surface area contributed by atoms with Crippen LogP contribution in [0.5, 0.6) is 0 Å². The van der Waals surface area contributed by atoms with Crippen molar-refractivity contribution < 1.29 is 9.53 Å². The van der Waals surface area contributed by atoms with Gasteiger partial charge in [-0.25, -0.2) is 0 Å². The van der Waals surface area contributed by atoms with E-state index in [1.54, 1.807) is 0 Å². The Kier molecular flexibility index (Phi) is 5.41. The van der Waals surface area contributed by atoms with E-state index in [2.05, 4.69) is 17.3 Å². The lowest BCUT2D eigenvalue weighted by Gasteiger charge is -2.30. The predicted octanol–water partition coefficient (Wildman–Crippen LogP) is -0.223. The second kappa shape index (κ2) is 7.07. The highest BCUT2D eigenvalue weighted by Crippen LogP contribution is 2.14. The summed E-state index contributed by atoms with van der Waals surface area (Å²) in [6.45, 7) is 6.68. The van der Waals surface area contributed by atoms with Crippen molar-refractivity contribution in [2.45, 2.75) is 12.8 Å². The van der Waals surface area contributed by atoms with Crippen molar-refractivity contribution in [2.24, 2.45) is 5.92 Å². The average molecular weight is 255 g/mol. The molecule has 2 rings (SSSR count). The number of ether oxygens (including phenoxy) is 1. The molecule has 0 radical (unpaired) electrons. The summed E-state index contributed by atoms with van der Waals surface area (Å²) in [6, 6.07) is 0. The molecule has 2 saturated heterocycles. The number of carbonyl (C=O) groups is 1. The van der Waals surface area contributed by atoms with Crippen LogP contribution in [0.3, 0.4) is 0 Å². The van der Waals surface area contributed by atoms with Crippen molar-refractivity contribution in [1.82, 2.24) is 15.1 Å². The van der Waals surface area contributed by atoms with Crippen LogP contribution in [0.25, 0.3) is 0 Å². The molecule has 0 aromatic rings. The van der Waals surface area contributed by atoms with E-state index < -0.39 is 0 Å². The van der Waals surface area contributed by atoms with E-state index in [4.69, 9.17) is 4.74 Å². The van der Waals surface area contributed by atoms with Crippen LogP contribution in [-0.2, 0) is 9.53 Å². The van der Waals surface area contributed by atoms with Crippen LogP contribution in [-0.4, -0.2) is 75.2 Å². The first-order valence-electron chi connectivity index (χ1n) is 7.00. The number of nitrogens with one attached hydrogen (secondary N) is 1. The van der Waals surface area contributed by atoms with Crippen molar-refractivity contribution in [1.29, 1.82) is 0 Å². The van der Waals surface area contributed by atoms with Gasteiger partial charge >= 0.3 is 0 Å². The zero-order valence-corrected chi connectivity index (χ0v) is 11.4. The van der Waals surface area contributed by atoms with E-state index in [0.717, 1.165) is 25.6 Å². The molecule has 1 amide bonds. The van der Waals surface area contributed by atoms with Gasteiger partial charge < -0.3 is 19.9 Å². The number of morpholine rings is 1. The number of carbonyl (C=O) groups excluding carboxylic acids is 1. The van der Waals surface area contributed by atoms with Gasteiger partial charge in [0.25, 0.3) is 0 Å². The van der Waals surface area contributed by atoms with Crippen LogP contribution in [0, 0.1) is 5.92 Å². The molecular formula is C13H25N3O2. The van der Waals surface area contributed by atoms with Crippen molar-refractivity contribution in [3.63, 3.8) is 0 Å². The lowest BCUT2D eigenvalue weighted by atomic mass is 9.97. The normalized spacial score (nSPS) is 23.3. The van der Waals surface area contributed by atoms with Crippen LogP contribution in [0.2, 0.25) is 0 Å². The molecule has 0 spiro atoms. The molecule has 18 heavy (non-hydrogen) atoms. The summed E-state index contributed by atoms with van der Waals surface area (Å²) < 4.78 is 5.24. The van der Waals surface area contributed by atoms with Gasteiger partial charge in [0.2, 0.25) is 5.91 Å². The molecule has 0 aromatic heterocycles. The smallest absolute Gasteiger partial charge is 0.236 e. The van der Waals surface area contributed by atoms with Crippen LogP contribution in [0.15, 0.2) is 0 Å². The molecule has 0 aliphatic carbocycles. The summed E-state index contributed by atoms with van der Waals surface area (Å²) in [5.74, 6) is 0.949. The summed E-state index contributed by atoms with van der Waals surface area (Å²) in [6.07, 6.45) is 2.49.